The number of aliphatic imine (C=N–C) groups is 1. The monoisotopic (exact) mass is 524 g/mol. The van der Waals surface area contributed by atoms with Gasteiger partial charge in [-0.3, -0.25) is 9.79 Å². The average molecular weight is 524 g/mol. The number of amides is 1. The number of ether oxygens (including phenoxy) is 2. The fourth-order valence-corrected chi connectivity index (χ4v) is 2.54. The van der Waals surface area contributed by atoms with Crippen molar-refractivity contribution in [3.05, 3.63) is 72.3 Å². The standard InChI is InChI=1S/C22H28N4O3.HI/c1-4-15-29-20-8-6-5-7-18(20)16-26-22(23-2)25-14-13-24-21(27)17-9-11-19(28-3)12-10-17;/h4-12H,1,13-16H2,2-3H3,(H,24,27)(H2,23,25,26);1H. The molecule has 3 N–H and O–H groups in total. The van der Waals surface area contributed by atoms with Crippen molar-refractivity contribution in [2.75, 3.05) is 33.9 Å². The first-order valence-electron chi connectivity index (χ1n) is 9.36. The molecule has 0 aliphatic carbocycles. The van der Waals surface area contributed by atoms with Gasteiger partial charge in [-0.2, -0.15) is 0 Å². The van der Waals surface area contributed by atoms with Gasteiger partial charge in [0.05, 0.1) is 7.11 Å². The Morgan fingerprint density at radius 2 is 1.77 bits per heavy atom. The molecule has 0 bridgehead atoms. The predicted octanol–water partition coefficient (Wildman–Crippen LogP) is 2.97. The number of guanidine groups is 1. The van der Waals surface area contributed by atoms with Gasteiger partial charge in [0.1, 0.15) is 18.1 Å². The Morgan fingerprint density at radius 1 is 1.07 bits per heavy atom. The van der Waals surface area contributed by atoms with Gasteiger partial charge in [0, 0.05) is 37.8 Å². The second-order valence-electron chi connectivity index (χ2n) is 6.04. The number of halogens is 1. The SMILES string of the molecule is C=CCOc1ccccc1CNC(=NC)NCCNC(=O)c1ccc(OC)cc1.I. The molecule has 8 heteroatoms. The third-order valence-electron chi connectivity index (χ3n) is 4.05. The van der Waals surface area contributed by atoms with Crippen LogP contribution in [0.4, 0.5) is 0 Å². The van der Waals surface area contributed by atoms with Crippen molar-refractivity contribution in [2.24, 2.45) is 4.99 Å². The van der Waals surface area contributed by atoms with Gasteiger partial charge in [-0.25, -0.2) is 0 Å². The van der Waals surface area contributed by atoms with Gasteiger partial charge in [-0.1, -0.05) is 30.9 Å². The first-order valence-corrected chi connectivity index (χ1v) is 9.36. The zero-order valence-corrected chi connectivity index (χ0v) is 19.6. The molecule has 2 aromatic carbocycles. The van der Waals surface area contributed by atoms with Crippen molar-refractivity contribution >= 4 is 35.8 Å². The van der Waals surface area contributed by atoms with Crippen LogP contribution in [0.3, 0.4) is 0 Å². The topological polar surface area (TPSA) is 84.0 Å². The van der Waals surface area contributed by atoms with E-state index in [1.165, 1.54) is 0 Å². The lowest BCUT2D eigenvalue weighted by molar-refractivity contribution is 0.0954. The zero-order chi connectivity index (χ0) is 20.9. The zero-order valence-electron chi connectivity index (χ0n) is 17.3. The number of hydrogen-bond acceptors (Lipinski definition) is 4. The maximum Gasteiger partial charge on any atom is 0.251 e. The van der Waals surface area contributed by atoms with Crippen molar-refractivity contribution in [1.82, 2.24) is 16.0 Å². The van der Waals surface area contributed by atoms with Crippen molar-refractivity contribution in [3.63, 3.8) is 0 Å². The Kier molecular flexibility index (Phi) is 12.0. The van der Waals surface area contributed by atoms with Crippen LogP contribution in [-0.4, -0.2) is 45.7 Å². The van der Waals surface area contributed by atoms with E-state index in [-0.39, 0.29) is 29.9 Å². The highest BCUT2D eigenvalue weighted by Crippen LogP contribution is 2.17. The number of hydrogen-bond donors (Lipinski definition) is 3. The summed E-state index contributed by atoms with van der Waals surface area (Å²) < 4.78 is 10.8. The van der Waals surface area contributed by atoms with Crippen molar-refractivity contribution in [1.29, 1.82) is 0 Å². The molecule has 0 aliphatic rings. The van der Waals surface area contributed by atoms with Gasteiger partial charge >= 0.3 is 0 Å². The summed E-state index contributed by atoms with van der Waals surface area (Å²) in [6.07, 6.45) is 1.71. The minimum absolute atomic E-state index is 0. The summed E-state index contributed by atoms with van der Waals surface area (Å²) in [4.78, 5) is 16.3. The molecule has 0 heterocycles. The molecule has 7 nitrogen and oxygen atoms in total. The maximum atomic E-state index is 12.1. The van der Waals surface area contributed by atoms with Crippen LogP contribution < -0.4 is 25.4 Å². The molecule has 0 aliphatic heterocycles. The maximum absolute atomic E-state index is 12.1. The van der Waals surface area contributed by atoms with Gasteiger partial charge in [0.2, 0.25) is 0 Å². The highest BCUT2D eigenvalue weighted by atomic mass is 127. The minimum Gasteiger partial charge on any atom is -0.497 e. The van der Waals surface area contributed by atoms with Gasteiger partial charge in [0.25, 0.3) is 5.91 Å². The van der Waals surface area contributed by atoms with Crippen LogP contribution >= 0.6 is 24.0 Å². The molecule has 0 unspecified atom stereocenters. The molecule has 0 atom stereocenters. The number of nitrogens with zero attached hydrogens (tertiary/aromatic N) is 1. The first-order chi connectivity index (χ1) is 14.2. The van der Waals surface area contributed by atoms with Crippen LogP contribution in [0.2, 0.25) is 0 Å². The number of rotatable bonds is 10. The number of para-hydroxylation sites is 1. The van der Waals surface area contributed by atoms with E-state index in [4.69, 9.17) is 9.47 Å². The van der Waals surface area contributed by atoms with Crippen LogP contribution in [0.5, 0.6) is 11.5 Å². The van der Waals surface area contributed by atoms with E-state index in [1.54, 1.807) is 44.5 Å². The lowest BCUT2D eigenvalue weighted by atomic mass is 10.2. The van der Waals surface area contributed by atoms with Crippen LogP contribution in [0.15, 0.2) is 66.2 Å². The van der Waals surface area contributed by atoms with Gasteiger partial charge in [-0.05, 0) is 30.3 Å². The molecule has 2 aromatic rings. The molecule has 30 heavy (non-hydrogen) atoms. The third kappa shape index (κ3) is 8.32. The summed E-state index contributed by atoms with van der Waals surface area (Å²) in [7, 11) is 3.29. The van der Waals surface area contributed by atoms with Gasteiger partial charge < -0.3 is 25.4 Å². The molecule has 1 amide bonds. The molecular formula is C22H29IN4O3. The van der Waals surface area contributed by atoms with Crippen LogP contribution in [0.1, 0.15) is 15.9 Å². The van der Waals surface area contributed by atoms with Crippen LogP contribution in [0, 0.1) is 0 Å². The van der Waals surface area contributed by atoms with Crippen molar-refractivity contribution in [2.45, 2.75) is 6.54 Å². The van der Waals surface area contributed by atoms with Crippen molar-refractivity contribution < 1.29 is 14.3 Å². The second kappa shape index (κ2) is 14.3. The van der Waals surface area contributed by atoms with E-state index in [0.717, 1.165) is 17.1 Å². The van der Waals surface area contributed by atoms with E-state index in [0.29, 0.717) is 37.8 Å². The van der Waals surface area contributed by atoms with Crippen molar-refractivity contribution in [3.8, 4) is 11.5 Å². The third-order valence-corrected chi connectivity index (χ3v) is 4.05. The lowest BCUT2D eigenvalue weighted by Gasteiger charge is -2.14. The molecular weight excluding hydrogens is 495 g/mol. The van der Waals surface area contributed by atoms with Gasteiger partial charge in [0.15, 0.2) is 5.96 Å². The second-order valence-corrected chi connectivity index (χ2v) is 6.04. The summed E-state index contributed by atoms with van der Waals surface area (Å²) in [6, 6.07) is 14.8. The number of carbonyl (C=O) groups is 1. The molecule has 0 saturated carbocycles. The fourth-order valence-electron chi connectivity index (χ4n) is 2.54. The van der Waals surface area contributed by atoms with E-state index in [1.807, 2.05) is 24.3 Å². The van der Waals surface area contributed by atoms with E-state index >= 15 is 0 Å². The highest BCUT2D eigenvalue weighted by molar-refractivity contribution is 14.0. The largest absolute Gasteiger partial charge is 0.497 e. The Balaban J connectivity index is 0.00000450. The fraction of sp³-hybridized carbons (Fsp3) is 0.273. The Hall–Kier alpha value is -2.75. The molecule has 0 radical (unpaired) electrons. The summed E-state index contributed by atoms with van der Waals surface area (Å²) in [5.41, 5.74) is 1.61. The molecule has 162 valence electrons. The molecule has 0 spiro atoms. The van der Waals surface area contributed by atoms with Crippen LogP contribution in [0.25, 0.3) is 0 Å². The molecule has 0 aromatic heterocycles. The molecule has 0 saturated heterocycles. The first kappa shape index (κ1) is 25.3. The summed E-state index contributed by atoms with van der Waals surface area (Å²) in [5, 5.41) is 9.28. The number of nitrogens with one attached hydrogen (secondary N) is 3. The summed E-state index contributed by atoms with van der Waals surface area (Å²) in [5.74, 6) is 2.03. The Morgan fingerprint density at radius 3 is 2.43 bits per heavy atom. The quantitative estimate of drug-likeness (QED) is 0.146. The number of methoxy groups -OCH3 is 1. The average Bonchev–Trinajstić information content (AvgIpc) is 2.77. The molecule has 2 rings (SSSR count). The predicted molar refractivity (Wildman–Crippen MR) is 131 cm³/mol. The Bertz CT molecular complexity index is 825. The smallest absolute Gasteiger partial charge is 0.251 e. The number of carbonyl (C=O) groups excluding carboxylic acids is 1. The minimum atomic E-state index is -0.134. The normalized spacial score (nSPS) is 10.4. The molecule has 0 fully saturated rings. The lowest BCUT2D eigenvalue weighted by Crippen LogP contribution is -2.41. The number of benzene rings is 2. The van der Waals surface area contributed by atoms with Gasteiger partial charge in [-0.15, -0.1) is 24.0 Å². The summed E-state index contributed by atoms with van der Waals surface area (Å²) in [6.45, 7) is 5.69. The van der Waals surface area contributed by atoms with Crippen LogP contribution in [-0.2, 0) is 6.54 Å². The van der Waals surface area contributed by atoms with E-state index < -0.39 is 0 Å². The Labute approximate surface area is 195 Å². The highest BCUT2D eigenvalue weighted by Gasteiger charge is 2.06. The van der Waals surface area contributed by atoms with E-state index in [9.17, 15) is 4.79 Å². The summed E-state index contributed by atoms with van der Waals surface area (Å²) >= 11 is 0. The van der Waals surface area contributed by atoms with E-state index in [2.05, 4.69) is 27.5 Å².